The zero-order valence-corrected chi connectivity index (χ0v) is 21.9. The van der Waals surface area contributed by atoms with E-state index in [4.69, 9.17) is 0 Å². The molecule has 40 heavy (non-hydrogen) atoms. The standard InChI is InChI=1S/C29H30FN7O3/c30-20-3-7-23(8-4-20)37-26-25(15-33-37)28(39)35(18-32-26)17-29(40)9-11-34(12-10-29)27(38)19-1-5-22(6-2-19)36-16-21-13-24(36)14-31-21/h1-8,15,18,21,24,31,40H,9-14,16-17H2. The molecule has 3 aliphatic heterocycles. The Balaban J connectivity index is 1.01. The van der Waals surface area contributed by atoms with Crippen molar-refractivity contribution in [3.63, 3.8) is 0 Å². The average molecular weight is 544 g/mol. The summed E-state index contributed by atoms with van der Waals surface area (Å²) in [6.07, 6.45) is 4.71. The van der Waals surface area contributed by atoms with Crippen molar-refractivity contribution in [2.75, 3.05) is 31.1 Å². The summed E-state index contributed by atoms with van der Waals surface area (Å²) in [5, 5.41) is 19.4. The molecule has 2 unspecified atom stereocenters. The van der Waals surface area contributed by atoms with Gasteiger partial charge in [-0.25, -0.2) is 14.1 Å². The number of aliphatic hydroxyl groups is 1. The van der Waals surface area contributed by atoms with Crippen molar-refractivity contribution in [3.8, 4) is 5.69 Å². The van der Waals surface area contributed by atoms with Gasteiger partial charge in [0.15, 0.2) is 5.65 Å². The van der Waals surface area contributed by atoms with Gasteiger partial charge in [-0.1, -0.05) is 0 Å². The highest BCUT2D eigenvalue weighted by molar-refractivity contribution is 5.94. The highest BCUT2D eigenvalue weighted by Crippen LogP contribution is 2.30. The number of piperidine rings is 1. The van der Waals surface area contributed by atoms with Gasteiger partial charge in [0.05, 0.1) is 24.0 Å². The quantitative estimate of drug-likeness (QED) is 0.396. The smallest absolute Gasteiger partial charge is 0.264 e. The second-order valence-corrected chi connectivity index (χ2v) is 11.2. The molecule has 0 spiro atoms. The predicted octanol–water partition coefficient (Wildman–Crippen LogP) is 1.94. The fourth-order valence-corrected chi connectivity index (χ4v) is 6.29. The molecule has 4 aromatic rings. The molecule has 2 aromatic heterocycles. The van der Waals surface area contributed by atoms with E-state index in [1.807, 2.05) is 24.3 Å². The van der Waals surface area contributed by atoms with Crippen molar-refractivity contribution in [1.82, 2.24) is 29.5 Å². The Morgan fingerprint density at radius 1 is 1.07 bits per heavy atom. The SMILES string of the molecule is O=C(c1ccc(N2CC3CC2CN3)cc1)N1CCC(O)(Cn2cnc3c(cnn3-c3ccc(F)cc3)c2=O)CC1. The molecule has 206 valence electrons. The number of piperazine rings is 1. The second-order valence-electron chi connectivity index (χ2n) is 11.2. The number of hydrogen-bond donors (Lipinski definition) is 2. The fourth-order valence-electron chi connectivity index (χ4n) is 6.29. The van der Waals surface area contributed by atoms with Crippen LogP contribution in [-0.2, 0) is 6.54 Å². The number of carbonyl (C=O) groups is 1. The maximum absolute atomic E-state index is 13.3. The zero-order valence-electron chi connectivity index (χ0n) is 21.9. The molecule has 1 amide bonds. The number of benzene rings is 2. The summed E-state index contributed by atoms with van der Waals surface area (Å²) in [6.45, 7) is 2.87. The third-order valence-corrected chi connectivity index (χ3v) is 8.57. The molecule has 3 aliphatic rings. The Kier molecular flexibility index (Phi) is 5.93. The van der Waals surface area contributed by atoms with Crippen molar-refractivity contribution in [3.05, 3.63) is 82.8 Å². The third-order valence-electron chi connectivity index (χ3n) is 8.57. The average Bonchev–Trinajstić information content (AvgIpc) is 3.72. The van der Waals surface area contributed by atoms with E-state index in [9.17, 15) is 19.1 Å². The van der Waals surface area contributed by atoms with Crippen molar-refractivity contribution < 1.29 is 14.3 Å². The lowest BCUT2D eigenvalue weighted by molar-refractivity contribution is -0.0299. The van der Waals surface area contributed by atoms with Gasteiger partial charge in [0.1, 0.15) is 17.5 Å². The van der Waals surface area contributed by atoms with Gasteiger partial charge in [-0.05, 0) is 67.8 Å². The van der Waals surface area contributed by atoms with Crippen molar-refractivity contribution >= 4 is 22.6 Å². The monoisotopic (exact) mass is 543 g/mol. The number of nitrogens with zero attached hydrogens (tertiary/aromatic N) is 6. The first-order valence-corrected chi connectivity index (χ1v) is 13.7. The molecule has 0 saturated carbocycles. The summed E-state index contributed by atoms with van der Waals surface area (Å²) >= 11 is 0. The summed E-state index contributed by atoms with van der Waals surface area (Å²) in [6, 6.07) is 14.7. The van der Waals surface area contributed by atoms with E-state index < -0.39 is 5.60 Å². The van der Waals surface area contributed by atoms with E-state index in [0.29, 0.717) is 60.3 Å². The summed E-state index contributed by atoms with van der Waals surface area (Å²) in [7, 11) is 0. The topological polar surface area (TPSA) is 109 Å². The van der Waals surface area contributed by atoms with Crippen LogP contribution in [0.3, 0.4) is 0 Å². The number of fused-ring (bicyclic) bond motifs is 3. The molecular weight excluding hydrogens is 513 g/mol. The predicted molar refractivity (Wildman–Crippen MR) is 147 cm³/mol. The van der Waals surface area contributed by atoms with Gasteiger partial charge < -0.3 is 20.2 Å². The van der Waals surface area contributed by atoms with E-state index in [1.54, 1.807) is 17.0 Å². The Morgan fingerprint density at radius 2 is 1.80 bits per heavy atom. The number of rotatable bonds is 5. The van der Waals surface area contributed by atoms with E-state index >= 15 is 0 Å². The highest BCUT2D eigenvalue weighted by Gasteiger charge is 2.38. The molecule has 3 fully saturated rings. The molecule has 0 radical (unpaired) electrons. The molecule has 3 saturated heterocycles. The first kappa shape index (κ1) is 24.9. The molecule has 2 bridgehead atoms. The Hall–Kier alpha value is -4.09. The molecule has 10 nitrogen and oxygen atoms in total. The minimum Gasteiger partial charge on any atom is -0.388 e. The third kappa shape index (κ3) is 4.35. The number of aromatic nitrogens is 4. The van der Waals surface area contributed by atoms with Crippen LogP contribution in [-0.4, -0.2) is 79.1 Å². The maximum atomic E-state index is 13.3. The number of hydrogen-bond acceptors (Lipinski definition) is 7. The van der Waals surface area contributed by atoms with Crippen molar-refractivity contribution in [2.45, 2.75) is 43.5 Å². The Labute approximate surface area is 229 Å². The van der Waals surface area contributed by atoms with Gasteiger partial charge >= 0.3 is 0 Å². The number of halogens is 1. The van der Waals surface area contributed by atoms with Crippen LogP contribution in [0, 0.1) is 5.82 Å². The Bertz CT molecular complexity index is 1620. The lowest BCUT2D eigenvalue weighted by Gasteiger charge is -2.38. The number of anilines is 1. The van der Waals surface area contributed by atoms with Gasteiger partial charge in [0.2, 0.25) is 0 Å². The lowest BCUT2D eigenvalue weighted by Crippen LogP contribution is -2.49. The van der Waals surface area contributed by atoms with Crippen molar-refractivity contribution in [2.24, 2.45) is 0 Å². The van der Waals surface area contributed by atoms with Crippen LogP contribution >= 0.6 is 0 Å². The summed E-state index contributed by atoms with van der Waals surface area (Å²) < 4.78 is 16.2. The molecule has 2 aromatic carbocycles. The van der Waals surface area contributed by atoms with Gasteiger partial charge in [0, 0.05) is 49.5 Å². The van der Waals surface area contributed by atoms with E-state index in [2.05, 4.69) is 20.3 Å². The first-order chi connectivity index (χ1) is 19.4. The Morgan fingerprint density at radius 3 is 2.48 bits per heavy atom. The maximum Gasteiger partial charge on any atom is 0.264 e. The molecule has 11 heteroatoms. The number of nitrogens with one attached hydrogen (secondary N) is 1. The highest BCUT2D eigenvalue weighted by atomic mass is 19.1. The molecule has 5 heterocycles. The minimum atomic E-state index is -1.14. The molecule has 0 aliphatic carbocycles. The first-order valence-electron chi connectivity index (χ1n) is 13.7. The molecule has 7 rings (SSSR count). The number of amides is 1. The molecular formula is C29H30FN7O3. The molecule has 2 atom stereocenters. The van der Waals surface area contributed by atoms with Crippen LogP contribution in [0.1, 0.15) is 29.6 Å². The van der Waals surface area contributed by atoms with Crippen LogP contribution in [0.25, 0.3) is 16.7 Å². The lowest BCUT2D eigenvalue weighted by atomic mass is 9.91. The summed E-state index contributed by atoms with van der Waals surface area (Å²) in [4.78, 5) is 35.0. The van der Waals surface area contributed by atoms with Gasteiger partial charge in [-0.2, -0.15) is 5.10 Å². The summed E-state index contributed by atoms with van der Waals surface area (Å²) in [5.74, 6) is -0.414. The van der Waals surface area contributed by atoms with Gasteiger partial charge in [0.25, 0.3) is 11.5 Å². The van der Waals surface area contributed by atoms with E-state index in [0.717, 1.165) is 18.8 Å². The van der Waals surface area contributed by atoms with Crippen LogP contribution in [0.15, 0.2) is 65.8 Å². The molecule has 2 N–H and O–H groups in total. The van der Waals surface area contributed by atoms with Crippen LogP contribution in [0.4, 0.5) is 10.1 Å². The summed E-state index contributed by atoms with van der Waals surface area (Å²) in [5.41, 5.74) is 1.29. The minimum absolute atomic E-state index is 0.0494. The van der Waals surface area contributed by atoms with Gasteiger partial charge in [-0.15, -0.1) is 0 Å². The van der Waals surface area contributed by atoms with E-state index in [1.165, 1.54) is 40.3 Å². The van der Waals surface area contributed by atoms with Crippen LogP contribution in [0.2, 0.25) is 0 Å². The zero-order chi connectivity index (χ0) is 27.4. The van der Waals surface area contributed by atoms with E-state index in [-0.39, 0.29) is 23.8 Å². The van der Waals surface area contributed by atoms with Crippen LogP contribution in [0.5, 0.6) is 0 Å². The fraction of sp³-hybridized carbons (Fsp3) is 0.379. The normalized spacial score (nSPS) is 21.9. The second kappa shape index (κ2) is 9.53. The number of likely N-dealkylation sites (tertiary alicyclic amines) is 1. The largest absolute Gasteiger partial charge is 0.388 e. The number of carbonyl (C=O) groups excluding carboxylic acids is 1. The van der Waals surface area contributed by atoms with Gasteiger partial charge in [-0.3, -0.25) is 14.2 Å². The van der Waals surface area contributed by atoms with Crippen molar-refractivity contribution in [1.29, 1.82) is 0 Å². The van der Waals surface area contributed by atoms with Crippen LogP contribution < -0.4 is 15.8 Å².